The molecule has 3 aromatic carbocycles. The monoisotopic (exact) mass is 564 g/mol. The highest BCUT2D eigenvalue weighted by molar-refractivity contribution is 7.89. The predicted octanol–water partition coefficient (Wildman–Crippen LogP) is 4.70. The molecule has 0 aliphatic rings. The lowest BCUT2D eigenvalue weighted by atomic mass is 10.0. The minimum atomic E-state index is -4.15. The van der Waals surface area contributed by atoms with Crippen molar-refractivity contribution in [3.8, 4) is 11.1 Å². The van der Waals surface area contributed by atoms with Crippen molar-refractivity contribution >= 4 is 39.3 Å². The molecule has 0 bridgehead atoms. The Kier molecular flexibility index (Phi) is 8.92. The number of hydrogen-bond acceptors (Lipinski definition) is 5. The van der Waals surface area contributed by atoms with E-state index in [4.69, 9.17) is 11.6 Å². The molecule has 0 saturated carbocycles. The standard InChI is InChI=1S/C28H25ClN4O5S/c29-24-6-1-2-7-26(24)39(37,38)33-25(27(34)35)16-19-8-10-21(11-9-19)22-4-3-5-23(17-22)32-28(36)31-18-20-12-14-30-15-13-20/h1-15,17,25,33H,16,18H2,(H,34,35)(H2,31,32,36)/t25-/m1/s1. The van der Waals surface area contributed by atoms with Gasteiger partial charge in [0, 0.05) is 24.6 Å². The van der Waals surface area contributed by atoms with Crippen molar-refractivity contribution in [1.82, 2.24) is 15.0 Å². The molecule has 1 aromatic heterocycles. The van der Waals surface area contributed by atoms with Crippen molar-refractivity contribution < 1.29 is 23.1 Å². The molecule has 2 amide bonds. The van der Waals surface area contributed by atoms with Gasteiger partial charge >= 0.3 is 12.0 Å². The van der Waals surface area contributed by atoms with Gasteiger partial charge in [0.1, 0.15) is 10.9 Å². The third kappa shape index (κ3) is 7.64. The number of carbonyl (C=O) groups excluding carboxylic acids is 1. The molecule has 4 N–H and O–H groups in total. The molecule has 200 valence electrons. The first-order valence-electron chi connectivity index (χ1n) is 11.8. The molecule has 0 unspecified atom stereocenters. The minimum absolute atomic E-state index is 0.00133. The predicted molar refractivity (Wildman–Crippen MR) is 149 cm³/mol. The first kappa shape index (κ1) is 27.8. The topological polar surface area (TPSA) is 137 Å². The number of halogens is 1. The second-order valence-corrected chi connectivity index (χ2v) is 10.7. The Labute approximate surface area is 230 Å². The summed E-state index contributed by atoms with van der Waals surface area (Å²) in [5, 5.41) is 15.2. The third-order valence-corrected chi connectivity index (χ3v) is 7.74. The quantitative estimate of drug-likeness (QED) is 0.220. The zero-order chi connectivity index (χ0) is 27.8. The Hall–Kier alpha value is -4.25. The number of amides is 2. The lowest BCUT2D eigenvalue weighted by molar-refractivity contribution is -0.138. The van der Waals surface area contributed by atoms with Gasteiger partial charge in [-0.2, -0.15) is 4.72 Å². The van der Waals surface area contributed by atoms with E-state index in [1.165, 1.54) is 18.2 Å². The number of aliphatic carboxylic acids is 1. The van der Waals surface area contributed by atoms with Gasteiger partial charge in [-0.3, -0.25) is 9.78 Å². The maximum Gasteiger partial charge on any atom is 0.322 e. The van der Waals surface area contributed by atoms with Gasteiger partial charge in [-0.25, -0.2) is 13.2 Å². The van der Waals surface area contributed by atoms with E-state index in [1.54, 1.807) is 48.8 Å². The molecule has 0 saturated heterocycles. The number of nitrogens with one attached hydrogen (secondary N) is 3. The molecular weight excluding hydrogens is 540 g/mol. The van der Waals surface area contributed by atoms with Crippen LogP contribution in [0.3, 0.4) is 0 Å². The first-order valence-corrected chi connectivity index (χ1v) is 13.7. The number of aromatic nitrogens is 1. The highest BCUT2D eigenvalue weighted by Gasteiger charge is 2.27. The normalized spacial score (nSPS) is 11.9. The van der Waals surface area contributed by atoms with Gasteiger partial charge < -0.3 is 15.7 Å². The largest absolute Gasteiger partial charge is 0.480 e. The number of carboxylic acid groups (broad SMARTS) is 1. The van der Waals surface area contributed by atoms with Crippen LogP contribution in [0.2, 0.25) is 5.02 Å². The summed E-state index contributed by atoms with van der Waals surface area (Å²) in [5.41, 5.74) is 3.82. The average Bonchev–Trinajstić information content (AvgIpc) is 2.93. The fourth-order valence-electron chi connectivity index (χ4n) is 3.80. The zero-order valence-corrected chi connectivity index (χ0v) is 22.1. The summed E-state index contributed by atoms with van der Waals surface area (Å²) in [5.74, 6) is -1.31. The summed E-state index contributed by atoms with van der Waals surface area (Å²) < 4.78 is 27.7. The smallest absolute Gasteiger partial charge is 0.322 e. The molecule has 0 radical (unpaired) electrons. The van der Waals surface area contributed by atoms with E-state index >= 15 is 0 Å². The van der Waals surface area contributed by atoms with Crippen molar-refractivity contribution in [3.05, 3.63) is 113 Å². The lowest BCUT2D eigenvalue weighted by Gasteiger charge is -2.16. The van der Waals surface area contributed by atoms with Crippen LogP contribution in [-0.2, 0) is 27.8 Å². The van der Waals surface area contributed by atoms with E-state index < -0.39 is 22.0 Å². The number of pyridine rings is 1. The highest BCUT2D eigenvalue weighted by Crippen LogP contribution is 2.24. The number of sulfonamides is 1. The van der Waals surface area contributed by atoms with Gasteiger partial charge in [0.15, 0.2) is 0 Å². The first-order chi connectivity index (χ1) is 18.7. The van der Waals surface area contributed by atoms with Crippen LogP contribution in [0.25, 0.3) is 11.1 Å². The van der Waals surface area contributed by atoms with E-state index in [1.807, 2.05) is 30.3 Å². The third-order valence-electron chi connectivity index (χ3n) is 5.77. The molecule has 4 rings (SSSR count). The van der Waals surface area contributed by atoms with Gasteiger partial charge in [-0.1, -0.05) is 60.1 Å². The van der Waals surface area contributed by atoms with E-state index in [-0.39, 0.29) is 22.4 Å². The molecule has 0 fully saturated rings. The number of benzene rings is 3. The number of rotatable bonds is 10. The maximum atomic E-state index is 12.7. The molecule has 0 aliphatic heterocycles. The van der Waals surface area contributed by atoms with Crippen molar-refractivity contribution in [2.45, 2.75) is 23.9 Å². The van der Waals surface area contributed by atoms with Gasteiger partial charge in [0.05, 0.1) is 5.02 Å². The zero-order valence-electron chi connectivity index (χ0n) is 20.5. The van der Waals surface area contributed by atoms with Crippen molar-refractivity contribution in [2.24, 2.45) is 0 Å². The molecule has 39 heavy (non-hydrogen) atoms. The molecule has 0 aliphatic carbocycles. The summed E-state index contributed by atoms with van der Waals surface area (Å²) in [6.07, 6.45) is 3.24. The highest BCUT2D eigenvalue weighted by atomic mass is 35.5. The molecule has 0 spiro atoms. The van der Waals surface area contributed by atoms with E-state index in [2.05, 4.69) is 20.3 Å². The number of hydrogen-bond donors (Lipinski definition) is 4. The van der Waals surface area contributed by atoms with Crippen LogP contribution in [0, 0.1) is 0 Å². The van der Waals surface area contributed by atoms with Crippen molar-refractivity contribution in [2.75, 3.05) is 5.32 Å². The van der Waals surface area contributed by atoms with Gasteiger partial charge in [0.2, 0.25) is 10.0 Å². The average molecular weight is 565 g/mol. The Morgan fingerprint density at radius 2 is 1.59 bits per heavy atom. The Morgan fingerprint density at radius 1 is 0.872 bits per heavy atom. The van der Waals surface area contributed by atoms with Gasteiger partial charge in [-0.05, 0) is 65.1 Å². The van der Waals surface area contributed by atoms with Gasteiger partial charge in [-0.15, -0.1) is 0 Å². The summed E-state index contributed by atoms with van der Waals surface area (Å²) in [7, 11) is -4.15. The number of urea groups is 1. The number of anilines is 1. The molecular formula is C28H25ClN4O5S. The molecule has 1 atom stereocenters. The van der Waals surface area contributed by atoms with Crippen LogP contribution >= 0.6 is 11.6 Å². The summed E-state index contributed by atoms with van der Waals surface area (Å²) in [4.78, 5) is 27.9. The Balaban J connectivity index is 1.40. The molecule has 9 nitrogen and oxygen atoms in total. The van der Waals surface area contributed by atoms with E-state index in [0.717, 1.165) is 16.7 Å². The van der Waals surface area contributed by atoms with Gasteiger partial charge in [0.25, 0.3) is 0 Å². The van der Waals surface area contributed by atoms with Crippen LogP contribution < -0.4 is 15.4 Å². The van der Waals surface area contributed by atoms with Crippen LogP contribution in [0.15, 0.2) is 102 Å². The SMILES string of the molecule is O=C(NCc1ccncc1)Nc1cccc(-c2ccc(C[C@@H](NS(=O)(=O)c3ccccc3Cl)C(=O)O)cc2)c1. The van der Waals surface area contributed by atoms with Crippen LogP contribution in [0.4, 0.5) is 10.5 Å². The fourth-order valence-corrected chi connectivity index (χ4v) is 5.51. The second kappa shape index (κ2) is 12.5. The number of carboxylic acids is 1. The number of nitrogens with zero attached hydrogens (tertiary/aromatic N) is 1. The molecule has 4 aromatic rings. The summed E-state index contributed by atoms with van der Waals surface area (Å²) in [6, 6.07) is 22.1. The van der Waals surface area contributed by atoms with Crippen LogP contribution in [-0.4, -0.2) is 36.6 Å². The lowest BCUT2D eigenvalue weighted by Crippen LogP contribution is -2.42. The maximum absolute atomic E-state index is 12.7. The molecule has 1 heterocycles. The Morgan fingerprint density at radius 3 is 2.28 bits per heavy atom. The summed E-state index contributed by atoms with van der Waals surface area (Å²) in [6.45, 7) is 0.362. The van der Waals surface area contributed by atoms with E-state index in [9.17, 15) is 23.1 Å². The fraction of sp³-hybridized carbons (Fsp3) is 0.107. The van der Waals surface area contributed by atoms with Crippen LogP contribution in [0.1, 0.15) is 11.1 Å². The van der Waals surface area contributed by atoms with Crippen LogP contribution in [0.5, 0.6) is 0 Å². The Bertz CT molecular complexity index is 1560. The van der Waals surface area contributed by atoms with E-state index in [0.29, 0.717) is 17.8 Å². The summed E-state index contributed by atoms with van der Waals surface area (Å²) >= 11 is 5.99. The number of carbonyl (C=O) groups is 2. The van der Waals surface area contributed by atoms with Crippen molar-refractivity contribution in [1.29, 1.82) is 0 Å². The minimum Gasteiger partial charge on any atom is -0.480 e. The second-order valence-electron chi connectivity index (χ2n) is 8.59. The molecule has 11 heteroatoms. The van der Waals surface area contributed by atoms with Crippen molar-refractivity contribution in [3.63, 3.8) is 0 Å².